The average Bonchev–Trinajstić information content (AvgIpc) is 3.32. The van der Waals surface area contributed by atoms with Crippen LogP contribution >= 0.6 is 0 Å². The van der Waals surface area contributed by atoms with E-state index in [1.54, 1.807) is 15.4 Å². The maximum Gasteiger partial charge on any atom is 0.407 e. The molecular weight excluding hydrogens is 480 g/mol. The first kappa shape index (κ1) is 24.0. The van der Waals surface area contributed by atoms with Crippen LogP contribution in [0.3, 0.4) is 0 Å². The second kappa shape index (κ2) is 8.87. The predicted molar refractivity (Wildman–Crippen MR) is 142 cm³/mol. The van der Waals surface area contributed by atoms with Crippen LogP contribution in [0.5, 0.6) is 0 Å². The molecule has 1 aliphatic heterocycles. The number of anilines is 1. The van der Waals surface area contributed by atoms with Crippen molar-refractivity contribution in [1.29, 1.82) is 5.26 Å². The Bertz CT molecular complexity index is 1540. The number of nitriles is 1. The van der Waals surface area contributed by atoms with Crippen molar-refractivity contribution in [3.8, 4) is 28.3 Å². The smallest absolute Gasteiger partial charge is 0.407 e. The van der Waals surface area contributed by atoms with E-state index in [0.717, 1.165) is 46.7 Å². The van der Waals surface area contributed by atoms with Crippen LogP contribution in [0.25, 0.3) is 27.8 Å². The van der Waals surface area contributed by atoms with Crippen LogP contribution in [0, 0.1) is 29.1 Å². The lowest BCUT2D eigenvalue weighted by Gasteiger charge is -2.22. The second-order valence-electron chi connectivity index (χ2n) is 11.2. The number of amides is 1. The van der Waals surface area contributed by atoms with Crippen molar-refractivity contribution in [2.24, 2.45) is 24.8 Å². The molecule has 1 saturated carbocycles. The van der Waals surface area contributed by atoms with E-state index in [4.69, 9.17) is 9.72 Å². The normalized spacial score (nSPS) is 20.3. The van der Waals surface area contributed by atoms with Crippen LogP contribution in [0.1, 0.15) is 26.3 Å². The molecule has 6 rings (SSSR count). The molecule has 2 aliphatic rings. The van der Waals surface area contributed by atoms with Gasteiger partial charge in [-0.15, -0.1) is 0 Å². The topological polar surface area (TPSA) is 113 Å². The molecule has 1 N–H and O–H groups in total. The lowest BCUT2D eigenvalue weighted by Crippen LogP contribution is -2.35. The van der Waals surface area contributed by atoms with Gasteiger partial charge in [0, 0.05) is 67.5 Å². The molecule has 10 heteroatoms. The van der Waals surface area contributed by atoms with Gasteiger partial charge < -0.3 is 15.0 Å². The number of nitrogens with one attached hydrogen (secondary N) is 1. The fourth-order valence-corrected chi connectivity index (χ4v) is 5.54. The Labute approximate surface area is 220 Å². The molecule has 0 unspecified atom stereocenters. The monoisotopic (exact) mass is 510 g/mol. The van der Waals surface area contributed by atoms with E-state index in [0.29, 0.717) is 29.9 Å². The van der Waals surface area contributed by atoms with Crippen molar-refractivity contribution in [2.45, 2.75) is 26.4 Å². The highest BCUT2D eigenvalue weighted by atomic mass is 16.6. The van der Waals surface area contributed by atoms with Gasteiger partial charge in [-0.1, -0.05) is 0 Å². The van der Waals surface area contributed by atoms with E-state index >= 15 is 0 Å². The van der Waals surface area contributed by atoms with Crippen LogP contribution in [-0.4, -0.2) is 55.7 Å². The SMILES string of the molecule is Cn1cc(-c2cc(-c3ccc(N4C[C@@H]5[C@H](CNC(=O)OC(C)(C)C)[C@@H]5C4)nc3)c3c(C#N)cnn3c2)cn1. The third kappa shape index (κ3) is 4.45. The first-order chi connectivity index (χ1) is 18.2. The van der Waals surface area contributed by atoms with Crippen molar-refractivity contribution in [2.75, 3.05) is 24.5 Å². The molecule has 2 fully saturated rings. The van der Waals surface area contributed by atoms with E-state index in [1.807, 2.05) is 58.7 Å². The molecule has 1 saturated heterocycles. The molecule has 4 aromatic heterocycles. The lowest BCUT2D eigenvalue weighted by atomic mass is 10.0. The van der Waals surface area contributed by atoms with Crippen LogP contribution in [0.2, 0.25) is 0 Å². The number of ether oxygens (including phenoxy) is 1. The van der Waals surface area contributed by atoms with Gasteiger partial charge in [0.25, 0.3) is 0 Å². The molecule has 0 spiro atoms. The number of hydrogen-bond donors (Lipinski definition) is 1. The van der Waals surface area contributed by atoms with Gasteiger partial charge in [0.1, 0.15) is 17.5 Å². The van der Waals surface area contributed by atoms with Gasteiger partial charge in [0.2, 0.25) is 0 Å². The van der Waals surface area contributed by atoms with Crippen LogP contribution < -0.4 is 10.2 Å². The summed E-state index contributed by atoms with van der Waals surface area (Å²) >= 11 is 0. The van der Waals surface area contributed by atoms with Gasteiger partial charge in [0.05, 0.1) is 23.5 Å². The summed E-state index contributed by atoms with van der Waals surface area (Å²) in [6, 6.07) is 8.43. The van der Waals surface area contributed by atoms with E-state index in [-0.39, 0.29) is 6.09 Å². The number of hydrogen-bond acceptors (Lipinski definition) is 7. The zero-order valence-corrected chi connectivity index (χ0v) is 21.9. The van der Waals surface area contributed by atoms with Crippen molar-refractivity contribution in [1.82, 2.24) is 29.7 Å². The van der Waals surface area contributed by atoms with Gasteiger partial charge in [-0.05, 0) is 56.7 Å². The number of piperidine rings is 1. The van der Waals surface area contributed by atoms with Crippen molar-refractivity contribution < 1.29 is 9.53 Å². The molecule has 194 valence electrons. The molecule has 1 aliphatic carbocycles. The maximum atomic E-state index is 12.0. The minimum Gasteiger partial charge on any atom is -0.444 e. The number of alkyl carbamates (subject to hydrolysis) is 1. The second-order valence-corrected chi connectivity index (χ2v) is 11.2. The Kier molecular flexibility index (Phi) is 5.60. The maximum absolute atomic E-state index is 12.0. The summed E-state index contributed by atoms with van der Waals surface area (Å²) in [5.41, 5.74) is 4.55. The Hall–Kier alpha value is -4.39. The largest absolute Gasteiger partial charge is 0.444 e. The number of nitrogens with zero attached hydrogens (tertiary/aromatic N) is 7. The molecule has 0 radical (unpaired) electrons. The number of carbonyl (C=O) groups is 1. The van der Waals surface area contributed by atoms with E-state index < -0.39 is 5.60 Å². The molecule has 10 nitrogen and oxygen atoms in total. The average molecular weight is 511 g/mol. The number of aryl methyl sites for hydroxylation is 1. The summed E-state index contributed by atoms with van der Waals surface area (Å²) in [6.07, 6.45) is 8.81. The highest BCUT2D eigenvalue weighted by molar-refractivity contribution is 5.87. The number of pyridine rings is 2. The van der Waals surface area contributed by atoms with Crippen LogP contribution in [-0.2, 0) is 11.8 Å². The number of carbonyl (C=O) groups excluding carboxylic acids is 1. The van der Waals surface area contributed by atoms with Gasteiger partial charge in [0.15, 0.2) is 0 Å². The fourth-order valence-electron chi connectivity index (χ4n) is 5.54. The highest BCUT2D eigenvalue weighted by Crippen LogP contribution is 2.52. The van der Waals surface area contributed by atoms with Crippen LogP contribution in [0.4, 0.5) is 10.6 Å². The summed E-state index contributed by atoms with van der Waals surface area (Å²) in [4.78, 5) is 19.1. The molecular formula is C28H30N8O2. The number of rotatable bonds is 5. The van der Waals surface area contributed by atoms with Gasteiger partial charge in [-0.3, -0.25) is 4.68 Å². The van der Waals surface area contributed by atoms with Crippen molar-refractivity contribution in [3.05, 3.63) is 54.7 Å². The molecule has 5 heterocycles. The van der Waals surface area contributed by atoms with Gasteiger partial charge >= 0.3 is 6.09 Å². The highest BCUT2D eigenvalue weighted by Gasteiger charge is 2.55. The Morgan fingerprint density at radius 2 is 1.89 bits per heavy atom. The summed E-state index contributed by atoms with van der Waals surface area (Å²) in [7, 11) is 1.88. The first-order valence-electron chi connectivity index (χ1n) is 12.8. The first-order valence-corrected chi connectivity index (χ1v) is 12.8. The Morgan fingerprint density at radius 3 is 2.53 bits per heavy atom. The van der Waals surface area contributed by atoms with Gasteiger partial charge in [-0.2, -0.15) is 15.5 Å². The molecule has 0 bridgehead atoms. The fraction of sp³-hybridized carbons (Fsp3) is 0.393. The van der Waals surface area contributed by atoms with Gasteiger partial charge in [-0.25, -0.2) is 14.3 Å². The standard InChI is InChI=1S/C28H30N8O2/c1-28(2,3)38-27(37)31-12-22-23-15-35(16-24(22)23)25-6-5-17(9-30-25)21-7-18(20-11-32-34(4)13-20)14-36-26(21)19(8-29)10-33-36/h5-7,9-11,13-14,22-24H,12,15-16H2,1-4H3,(H,31,37)/t22-,23+,24-. The lowest BCUT2D eigenvalue weighted by molar-refractivity contribution is 0.0524. The predicted octanol–water partition coefficient (Wildman–Crippen LogP) is 3.88. The molecule has 1 amide bonds. The molecule has 4 aromatic rings. The Balaban J connectivity index is 1.17. The minimum atomic E-state index is -0.488. The third-order valence-electron chi connectivity index (χ3n) is 7.41. The zero-order chi connectivity index (χ0) is 26.6. The van der Waals surface area contributed by atoms with Crippen molar-refractivity contribution >= 4 is 17.4 Å². The number of aromatic nitrogens is 5. The molecule has 0 aromatic carbocycles. The van der Waals surface area contributed by atoms with E-state index in [9.17, 15) is 10.1 Å². The summed E-state index contributed by atoms with van der Waals surface area (Å²) in [5.74, 6) is 2.56. The third-order valence-corrected chi connectivity index (χ3v) is 7.41. The van der Waals surface area contributed by atoms with E-state index in [1.165, 1.54) is 0 Å². The summed E-state index contributed by atoms with van der Waals surface area (Å²) in [6.45, 7) is 8.12. The summed E-state index contributed by atoms with van der Waals surface area (Å²) in [5, 5.41) is 21.3. The quantitative estimate of drug-likeness (QED) is 0.433. The zero-order valence-electron chi connectivity index (χ0n) is 21.9. The Morgan fingerprint density at radius 1 is 1.11 bits per heavy atom. The number of fused-ring (bicyclic) bond motifs is 2. The minimum absolute atomic E-state index is 0.351. The molecule has 38 heavy (non-hydrogen) atoms. The summed E-state index contributed by atoms with van der Waals surface area (Å²) < 4.78 is 8.86. The van der Waals surface area contributed by atoms with Crippen LogP contribution in [0.15, 0.2) is 49.2 Å². The van der Waals surface area contributed by atoms with Crippen molar-refractivity contribution in [3.63, 3.8) is 0 Å². The molecule has 3 atom stereocenters. The van der Waals surface area contributed by atoms with E-state index in [2.05, 4.69) is 38.6 Å².